The summed E-state index contributed by atoms with van der Waals surface area (Å²) >= 11 is 0. The molecule has 0 atom stereocenters. The van der Waals surface area contributed by atoms with Crippen molar-refractivity contribution in [1.29, 1.82) is 0 Å². The molecule has 0 radical (unpaired) electrons. The molecule has 0 aliphatic heterocycles. The van der Waals surface area contributed by atoms with Crippen LogP contribution >= 0.6 is 0 Å². The molecule has 0 saturated heterocycles. The molecule has 0 fully saturated rings. The average molecular weight is 244 g/mol. The Morgan fingerprint density at radius 1 is 1.11 bits per heavy atom. The van der Waals surface area contributed by atoms with Gasteiger partial charge >= 0.3 is 0 Å². The first-order chi connectivity index (χ1) is 8.56. The lowest BCUT2D eigenvalue weighted by atomic mass is 10.1. The predicted octanol–water partition coefficient (Wildman–Crippen LogP) is 2.22. The van der Waals surface area contributed by atoms with E-state index in [1.807, 2.05) is 38.1 Å². The number of benzene rings is 1. The third-order valence-electron chi connectivity index (χ3n) is 2.32. The molecule has 0 amide bonds. The van der Waals surface area contributed by atoms with Gasteiger partial charge in [-0.15, -0.1) is 10.2 Å². The minimum Gasteiger partial charge on any atom is -0.491 e. The molecule has 5 heteroatoms. The first-order valence-corrected chi connectivity index (χ1v) is 5.80. The second-order valence-electron chi connectivity index (χ2n) is 4.28. The Kier molecular flexibility index (Phi) is 3.41. The molecule has 0 aliphatic rings. The van der Waals surface area contributed by atoms with Crippen LogP contribution in [0.3, 0.4) is 0 Å². The zero-order valence-corrected chi connectivity index (χ0v) is 10.7. The van der Waals surface area contributed by atoms with E-state index in [9.17, 15) is 0 Å². The zero-order valence-electron chi connectivity index (χ0n) is 10.7. The van der Waals surface area contributed by atoms with Crippen molar-refractivity contribution in [3.8, 4) is 17.0 Å². The fourth-order valence-electron chi connectivity index (χ4n) is 1.59. The zero-order chi connectivity index (χ0) is 13.1. The van der Waals surface area contributed by atoms with Crippen molar-refractivity contribution in [2.45, 2.75) is 26.9 Å². The number of ether oxygens (including phenoxy) is 1. The monoisotopic (exact) mass is 244 g/mol. The summed E-state index contributed by atoms with van der Waals surface area (Å²) in [6, 6.07) is 7.57. The smallest absolute Gasteiger partial charge is 0.154 e. The summed E-state index contributed by atoms with van der Waals surface area (Å²) in [7, 11) is 0. The molecular formula is C13H16N4O. The van der Waals surface area contributed by atoms with E-state index in [4.69, 9.17) is 10.5 Å². The molecule has 18 heavy (non-hydrogen) atoms. The Morgan fingerprint density at radius 2 is 1.78 bits per heavy atom. The SMILES string of the molecule is Cc1nnc(-c2ccc(OC(C)C)cc2)c(N)n1. The van der Waals surface area contributed by atoms with Crippen LogP contribution in [-0.4, -0.2) is 21.3 Å². The number of anilines is 1. The lowest BCUT2D eigenvalue weighted by Crippen LogP contribution is -2.05. The minimum atomic E-state index is 0.154. The van der Waals surface area contributed by atoms with Gasteiger partial charge < -0.3 is 10.5 Å². The van der Waals surface area contributed by atoms with Crippen LogP contribution in [0.5, 0.6) is 5.75 Å². The molecule has 2 aromatic rings. The molecule has 1 aromatic carbocycles. The molecular weight excluding hydrogens is 228 g/mol. The van der Waals surface area contributed by atoms with Gasteiger partial charge in [-0.1, -0.05) is 0 Å². The van der Waals surface area contributed by atoms with Crippen molar-refractivity contribution in [3.63, 3.8) is 0 Å². The van der Waals surface area contributed by atoms with Gasteiger partial charge in [0, 0.05) is 5.56 Å². The van der Waals surface area contributed by atoms with E-state index in [0.717, 1.165) is 11.3 Å². The quantitative estimate of drug-likeness (QED) is 0.896. The molecule has 5 nitrogen and oxygen atoms in total. The molecule has 0 spiro atoms. The number of aromatic nitrogens is 3. The van der Waals surface area contributed by atoms with E-state index in [2.05, 4.69) is 15.2 Å². The van der Waals surface area contributed by atoms with Gasteiger partial charge in [0.1, 0.15) is 17.3 Å². The first-order valence-electron chi connectivity index (χ1n) is 5.80. The van der Waals surface area contributed by atoms with Crippen LogP contribution in [-0.2, 0) is 0 Å². The number of rotatable bonds is 3. The largest absolute Gasteiger partial charge is 0.491 e. The normalized spacial score (nSPS) is 10.7. The summed E-state index contributed by atoms with van der Waals surface area (Å²) in [6.07, 6.45) is 0.154. The van der Waals surface area contributed by atoms with Crippen LogP contribution in [0.25, 0.3) is 11.3 Å². The van der Waals surface area contributed by atoms with Crippen LogP contribution in [0.1, 0.15) is 19.7 Å². The van der Waals surface area contributed by atoms with Gasteiger partial charge in [-0.3, -0.25) is 0 Å². The van der Waals surface area contributed by atoms with Gasteiger partial charge in [0.05, 0.1) is 6.10 Å². The number of hydrogen-bond acceptors (Lipinski definition) is 5. The second-order valence-corrected chi connectivity index (χ2v) is 4.28. The van der Waals surface area contributed by atoms with Crippen molar-refractivity contribution in [1.82, 2.24) is 15.2 Å². The number of nitrogen functional groups attached to an aromatic ring is 1. The fourth-order valence-corrected chi connectivity index (χ4v) is 1.59. The van der Waals surface area contributed by atoms with E-state index >= 15 is 0 Å². The minimum absolute atomic E-state index is 0.154. The highest BCUT2D eigenvalue weighted by Crippen LogP contribution is 2.24. The van der Waals surface area contributed by atoms with Crippen molar-refractivity contribution >= 4 is 5.82 Å². The maximum absolute atomic E-state index is 5.83. The molecule has 1 heterocycles. The molecule has 2 rings (SSSR count). The Hall–Kier alpha value is -2.17. The van der Waals surface area contributed by atoms with Gasteiger partial charge in [-0.05, 0) is 45.0 Å². The molecule has 1 aromatic heterocycles. The number of nitrogens with zero attached hydrogens (tertiary/aromatic N) is 3. The summed E-state index contributed by atoms with van der Waals surface area (Å²) in [6.45, 7) is 5.73. The van der Waals surface area contributed by atoms with E-state index in [-0.39, 0.29) is 6.10 Å². The van der Waals surface area contributed by atoms with Crippen LogP contribution in [0.4, 0.5) is 5.82 Å². The van der Waals surface area contributed by atoms with Crippen molar-refractivity contribution < 1.29 is 4.74 Å². The average Bonchev–Trinajstić information content (AvgIpc) is 2.30. The van der Waals surface area contributed by atoms with Gasteiger partial charge in [-0.2, -0.15) is 0 Å². The lowest BCUT2D eigenvalue weighted by Gasteiger charge is -2.10. The summed E-state index contributed by atoms with van der Waals surface area (Å²) in [5, 5.41) is 7.98. The molecule has 0 saturated carbocycles. The van der Waals surface area contributed by atoms with Crippen LogP contribution in [0, 0.1) is 6.92 Å². The van der Waals surface area contributed by atoms with Crippen LogP contribution in [0.2, 0.25) is 0 Å². The van der Waals surface area contributed by atoms with Crippen molar-refractivity contribution in [2.75, 3.05) is 5.73 Å². The molecule has 2 N–H and O–H groups in total. The molecule has 0 bridgehead atoms. The van der Waals surface area contributed by atoms with E-state index < -0.39 is 0 Å². The highest BCUT2D eigenvalue weighted by molar-refractivity contribution is 5.69. The summed E-state index contributed by atoms with van der Waals surface area (Å²) < 4.78 is 5.57. The highest BCUT2D eigenvalue weighted by Gasteiger charge is 2.07. The van der Waals surface area contributed by atoms with E-state index in [1.165, 1.54) is 0 Å². The topological polar surface area (TPSA) is 73.9 Å². The standard InChI is InChI=1S/C13H16N4O/c1-8(2)18-11-6-4-10(5-7-11)12-13(14)15-9(3)16-17-12/h4-8H,1-3H3,(H2,14,15,16). The van der Waals surface area contributed by atoms with E-state index in [1.54, 1.807) is 6.92 Å². The summed E-state index contributed by atoms with van der Waals surface area (Å²) in [5.41, 5.74) is 7.30. The summed E-state index contributed by atoms with van der Waals surface area (Å²) in [4.78, 5) is 4.09. The van der Waals surface area contributed by atoms with E-state index in [0.29, 0.717) is 17.3 Å². The van der Waals surface area contributed by atoms with Gasteiger partial charge in [0.2, 0.25) is 0 Å². The number of aryl methyl sites for hydroxylation is 1. The maximum Gasteiger partial charge on any atom is 0.154 e. The first kappa shape index (κ1) is 12.3. The van der Waals surface area contributed by atoms with Crippen molar-refractivity contribution in [2.24, 2.45) is 0 Å². The van der Waals surface area contributed by atoms with Crippen LogP contribution < -0.4 is 10.5 Å². The Bertz CT molecular complexity index is 537. The van der Waals surface area contributed by atoms with Gasteiger partial charge in [-0.25, -0.2) is 4.98 Å². The van der Waals surface area contributed by atoms with Crippen molar-refractivity contribution in [3.05, 3.63) is 30.1 Å². The lowest BCUT2D eigenvalue weighted by molar-refractivity contribution is 0.242. The van der Waals surface area contributed by atoms with Gasteiger partial charge in [0.25, 0.3) is 0 Å². The maximum atomic E-state index is 5.83. The number of hydrogen-bond donors (Lipinski definition) is 1. The predicted molar refractivity (Wildman–Crippen MR) is 70.2 cm³/mol. The summed E-state index contributed by atoms with van der Waals surface area (Å²) in [5.74, 6) is 1.77. The molecule has 0 aliphatic carbocycles. The Morgan fingerprint density at radius 3 is 2.33 bits per heavy atom. The Labute approximate surface area is 106 Å². The number of nitrogens with two attached hydrogens (primary N) is 1. The Balaban J connectivity index is 2.28. The highest BCUT2D eigenvalue weighted by atomic mass is 16.5. The molecule has 0 unspecified atom stereocenters. The second kappa shape index (κ2) is 5.00. The molecule has 94 valence electrons. The van der Waals surface area contributed by atoms with Gasteiger partial charge in [0.15, 0.2) is 5.82 Å². The fraction of sp³-hybridized carbons (Fsp3) is 0.308. The van der Waals surface area contributed by atoms with Crippen LogP contribution in [0.15, 0.2) is 24.3 Å². The third-order valence-corrected chi connectivity index (χ3v) is 2.32. The third kappa shape index (κ3) is 2.74.